The van der Waals surface area contributed by atoms with Crippen LogP contribution in [0.2, 0.25) is 0 Å². The standard InChI is InChI=1S/C13H15.C5H5.C4H6.2ClH.Zr/c1-13(2,3)12-9-8-10-6-4-5-7-11(10)12;1-2-4-5-3-1;1-2-4-3-1;;;/h4-9H,1-3H3;1-3H,4H2;1-3H2;2*1H;. The maximum absolute atomic E-state index is 2.68. The number of allylic oxidation sites excluding steroid dienone is 6. The molecule has 0 aliphatic heterocycles. The Morgan fingerprint density at radius 2 is 1.76 bits per heavy atom. The predicted octanol–water partition coefficient (Wildman–Crippen LogP) is 6.83. The van der Waals surface area contributed by atoms with Crippen molar-refractivity contribution in [2.45, 2.75) is 50.1 Å². The zero-order valence-electron chi connectivity index (χ0n) is 15.3. The van der Waals surface area contributed by atoms with Crippen LogP contribution in [0.4, 0.5) is 0 Å². The van der Waals surface area contributed by atoms with Crippen LogP contribution in [0.3, 0.4) is 0 Å². The molecule has 25 heavy (non-hydrogen) atoms. The summed E-state index contributed by atoms with van der Waals surface area (Å²) < 4.78 is 4.55. The molecule has 1 aromatic rings. The average molecular weight is 455 g/mol. The van der Waals surface area contributed by atoms with E-state index in [2.05, 4.69) is 69.3 Å². The molecule has 0 bridgehead atoms. The van der Waals surface area contributed by atoms with E-state index in [0.717, 1.165) is 3.63 Å². The maximum atomic E-state index is 2.68. The minimum atomic E-state index is -1.75. The van der Waals surface area contributed by atoms with Crippen molar-refractivity contribution in [2.75, 3.05) is 0 Å². The summed E-state index contributed by atoms with van der Waals surface area (Å²) in [7, 11) is 0. The number of fused-ring (bicyclic) bond motifs is 1. The number of benzene rings is 1. The topological polar surface area (TPSA) is 0 Å². The molecule has 3 aliphatic rings. The Kier molecular flexibility index (Phi) is 6.91. The third-order valence-corrected chi connectivity index (χ3v) is 13.9. The molecule has 0 heterocycles. The average Bonchev–Trinajstić information content (AvgIpc) is 3.10. The van der Waals surface area contributed by atoms with Gasteiger partial charge in [0.25, 0.3) is 0 Å². The fourth-order valence-corrected chi connectivity index (χ4v) is 13.3. The van der Waals surface area contributed by atoms with Crippen molar-refractivity contribution in [3.63, 3.8) is 0 Å². The molecule has 134 valence electrons. The van der Waals surface area contributed by atoms with E-state index in [-0.39, 0.29) is 30.2 Å². The SMILES string of the molecule is CC(C)(C)C1=C[CH]([Zr]([C]2=CC=CC2)=[C]2CCC2)c2ccccc21.Cl.Cl. The Hall–Kier alpha value is -0.227. The number of hydrogen-bond donors (Lipinski definition) is 0. The first-order valence-corrected chi connectivity index (χ1v) is 12.8. The molecule has 3 aliphatic carbocycles. The molecule has 1 unspecified atom stereocenters. The smallest absolute Gasteiger partial charge is 0.147 e. The summed E-state index contributed by atoms with van der Waals surface area (Å²) in [4.78, 5) is 0. The van der Waals surface area contributed by atoms with Gasteiger partial charge in [0, 0.05) is 0 Å². The van der Waals surface area contributed by atoms with Crippen molar-refractivity contribution in [3.05, 3.63) is 63.0 Å². The van der Waals surface area contributed by atoms with Crippen LogP contribution in [0.5, 0.6) is 0 Å². The van der Waals surface area contributed by atoms with Gasteiger partial charge in [0.15, 0.2) is 0 Å². The number of rotatable bonds is 2. The van der Waals surface area contributed by atoms with E-state index in [1.807, 2.05) is 6.49 Å². The van der Waals surface area contributed by atoms with Crippen LogP contribution >= 0.6 is 24.8 Å². The molecule has 0 nitrogen and oxygen atoms in total. The fraction of sp³-hybridized carbons (Fsp3) is 0.409. The van der Waals surface area contributed by atoms with Gasteiger partial charge in [-0.15, -0.1) is 24.8 Å². The summed E-state index contributed by atoms with van der Waals surface area (Å²) in [5.74, 6) is 0. The van der Waals surface area contributed by atoms with Crippen molar-refractivity contribution in [1.29, 1.82) is 0 Å². The summed E-state index contributed by atoms with van der Waals surface area (Å²) >= 11 is -1.75. The molecule has 4 rings (SSSR count). The first kappa shape index (κ1) is 21.1. The van der Waals surface area contributed by atoms with E-state index >= 15 is 0 Å². The Morgan fingerprint density at radius 1 is 1.04 bits per heavy atom. The van der Waals surface area contributed by atoms with Gasteiger partial charge in [-0.3, -0.25) is 0 Å². The molecule has 0 aromatic heterocycles. The zero-order chi connectivity index (χ0) is 16.0. The van der Waals surface area contributed by atoms with Gasteiger partial charge in [0.05, 0.1) is 0 Å². The summed E-state index contributed by atoms with van der Waals surface area (Å²) in [5.41, 5.74) is 5.00. The van der Waals surface area contributed by atoms with Gasteiger partial charge in [-0.05, 0) is 0 Å². The third-order valence-electron chi connectivity index (χ3n) is 5.49. The van der Waals surface area contributed by atoms with E-state index < -0.39 is 21.3 Å². The summed E-state index contributed by atoms with van der Waals surface area (Å²) in [6.07, 6.45) is 15.3. The van der Waals surface area contributed by atoms with Crippen LogP contribution in [-0.4, -0.2) is 3.21 Å². The Balaban J connectivity index is 0.00000113. The minimum Gasteiger partial charge on any atom is -0.147 e. The normalized spacial score (nSPS) is 20.8. The van der Waals surface area contributed by atoms with E-state index in [0.29, 0.717) is 0 Å². The first-order valence-electron chi connectivity index (χ1n) is 8.95. The van der Waals surface area contributed by atoms with Crippen LogP contribution < -0.4 is 0 Å². The monoisotopic (exact) mass is 452 g/mol. The number of halogens is 2. The second-order valence-electron chi connectivity index (χ2n) is 8.09. The van der Waals surface area contributed by atoms with Crippen LogP contribution in [-0.2, 0) is 21.3 Å². The van der Waals surface area contributed by atoms with Crippen molar-refractivity contribution >= 4 is 33.6 Å². The van der Waals surface area contributed by atoms with Gasteiger partial charge >= 0.3 is 149 Å². The van der Waals surface area contributed by atoms with Gasteiger partial charge in [0.2, 0.25) is 0 Å². The number of hydrogen-bond acceptors (Lipinski definition) is 0. The second kappa shape index (κ2) is 8.20. The van der Waals surface area contributed by atoms with E-state index in [1.165, 1.54) is 31.2 Å². The van der Waals surface area contributed by atoms with E-state index in [9.17, 15) is 0 Å². The Labute approximate surface area is 172 Å². The zero-order valence-corrected chi connectivity index (χ0v) is 19.4. The molecule has 0 saturated heterocycles. The maximum Gasteiger partial charge on any atom is -0.147 e. The summed E-state index contributed by atoms with van der Waals surface area (Å²) in [6, 6.07) is 9.24. The van der Waals surface area contributed by atoms with Gasteiger partial charge in [-0.1, -0.05) is 0 Å². The van der Waals surface area contributed by atoms with Gasteiger partial charge in [-0.2, -0.15) is 0 Å². The molecule has 0 N–H and O–H groups in total. The van der Waals surface area contributed by atoms with Crippen molar-refractivity contribution in [2.24, 2.45) is 5.41 Å². The molecule has 0 amide bonds. The molecule has 1 atom stereocenters. The molecular formula is C22H28Cl2Zr. The minimum absolute atomic E-state index is 0. The van der Waals surface area contributed by atoms with Gasteiger partial charge < -0.3 is 0 Å². The van der Waals surface area contributed by atoms with E-state index in [4.69, 9.17) is 0 Å². The molecule has 0 spiro atoms. The van der Waals surface area contributed by atoms with Crippen molar-refractivity contribution < 1.29 is 21.3 Å². The molecular weight excluding hydrogens is 426 g/mol. The molecule has 1 saturated carbocycles. The molecule has 1 aromatic carbocycles. The van der Waals surface area contributed by atoms with Crippen LogP contribution in [0.1, 0.15) is 61.2 Å². The third kappa shape index (κ3) is 3.90. The van der Waals surface area contributed by atoms with Crippen molar-refractivity contribution in [1.82, 2.24) is 0 Å². The van der Waals surface area contributed by atoms with Gasteiger partial charge in [-0.25, -0.2) is 0 Å². The fourth-order valence-electron chi connectivity index (χ4n) is 4.17. The Morgan fingerprint density at radius 3 is 2.32 bits per heavy atom. The Bertz CT molecular complexity index is 769. The first-order chi connectivity index (χ1) is 11.1. The van der Waals surface area contributed by atoms with E-state index in [1.54, 1.807) is 11.1 Å². The molecule has 0 radical (unpaired) electrons. The van der Waals surface area contributed by atoms with Gasteiger partial charge in [0.1, 0.15) is 0 Å². The van der Waals surface area contributed by atoms with Crippen LogP contribution in [0, 0.1) is 5.41 Å². The van der Waals surface area contributed by atoms with Crippen LogP contribution in [0.25, 0.3) is 5.57 Å². The quantitative estimate of drug-likeness (QED) is 0.459. The van der Waals surface area contributed by atoms with Crippen LogP contribution in [0.15, 0.2) is 51.9 Å². The summed E-state index contributed by atoms with van der Waals surface area (Å²) in [5, 5.41) is 0. The van der Waals surface area contributed by atoms with Crippen molar-refractivity contribution in [3.8, 4) is 0 Å². The second-order valence-corrected chi connectivity index (χ2v) is 15.0. The largest absolute Gasteiger partial charge is 0.147 e. The predicted molar refractivity (Wildman–Crippen MR) is 112 cm³/mol. The molecule has 1 fully saturated rings. The summed E-state index contributed by atoms with van der Waals surface area (Å²) in [6.45, 7) is 7.11. The molecule has 3 heteroatoms.